The van der Waals surface area contributed by atoms with E-state index in [2.05, 4.69) is 4.99 Å². The number of nitrogens with one attached hydrogen (secondary N) is 1. The van der Waals surface area contributed by atoms with Gasteiger partial charge in [-0.3, -0.25) is 10.4 Å². The lowest BCUT2D eigenvalue weighted by Gasteiger charge is -1.92. The van der Waals surface area contributed by atoms with E-state index < -0.39 is 0 Å². The minimum Gasteiger partial charge on any atom is -0.386 e. The molecule has 1 rings (SSSR count). The van der Waals surface area contributed by atoms with Crippen LogP contribution in [0.5, 0.6) is 0 Å². The molecule has 3 N–H and O–H groups in total. The molecule has 1 aromatic rings. The zero-order valence-corrected chi connectivity index (χ0v) is 7.00. The number of nitrogens with zero attached hydrogens (tertiary/aromatic N) is 1. The van der Waals surface area contributed by atoms with E-state index in [-0.39, 0.29) is 18.2 Å². The summed E-state index contributed by atoms with van der Waals surface area (Å²) in [5, 5.41) is 6.89. The van der Waals surface area contributed by atoms with Gasteiger partial charge >= 0.3 is 0 Å². The molecule has 0 amide bonds. The van der Waals surface area contributed by atoms with E-state index >= 15 is 0 Å². The average molecular weight is 179 g/mol. The number of hydrogen-bond donors (Lipinski definition) is 2. The molecule has 0 spiro atoms. The van der Waals surface area contributed by atoms with Crippen LogP contribution in [-0.2, 0) is 0 Å². The number of hydrogen-bond acceptors (Lipinski definition) is 2. The van der Waals surface area contributed by atoms with Gasteiger partial charge in [0, 0.05) is 6.21 Å². The first-order chi connectivity index (χ1) is 6.18. The highest BCUT2D eigenvalue weighted by molar-refractivity contribution is 5.84. The highest BCUT2D eigenvalue weighted by atomic mass is 19.1. The van der Waals surface area contributed by atoms with Crippen molar-refractivity contribution in [2.75, 3.05) is 6.54 Å². The predicted octanol–water partition coefficient (Wildman–Crippen LogP) is 1.18. The van der Waals surface area contributed by atoms with Gasteiger partial charge in [-0.05, 0) is 17.7 Å². The fourth-order valence-corrected chi connectivity index (χ4v) is 0.836. The predicted molar refractivity (Wildman–Crippen MR) is 50.8 cm³/mol. The molecule has 3 nitrogen and oxygen atoms in total. The van der Waals surface area contributed by atoms with Crippen molar-refractivity contribution in [3.05, 3.63) is 35.6 Å². The molecule has 0 aliphatic rings. The summed E-state index contributed by atoms with van der Waals surface area (Å²) < 4.78 is 12.6. The summed E-state index contributed by atoms with van der Waals surface area (Å²) in [5.41, 5.74) is 5.75. The summed E-state index contributed by atoms with van der Waals surface area (Å²) in [6.07, 6.45) is 1.49. The number of nitrogens with two attached hydrogens (primary N) is 1. The van der Waals surface area contributed by atoms with Crippen LogP contribution in [0.15, 0.2) is 29.3 Å². The monoisotopic (exact) mass is 179 g/mol. The van der Waals surface area contributed by atoms with Gasteiger partial charge in [0.1, 0.15) is 11.7 Å². The maximum absolute atomic E-state index is 12.6. The van der Waals surface area contributed by atoms with Gasteiger partial charge in [0.25, 0.3) is 0 Å². The summed E-state index contributed by atoms with van der Waals surface area (Å²) >= 11 is 0. The maximum atomic E-state index is 12.6. The van der Waals surface area contributed by atoms with Gasteiger partial charge in [-0.15, -0.1) is 0 Å². The van der Waals surface area contributed by atoms with E-state index in [1.165, 1.54) is 18.3 Å². The first kappa shape index (κ1) is 9.38. The highest BCUT2D eigenvalue weighted by Crippen LogP contribution is 2.00. The molecule has 0 aliphatic heterocycles. The van der Waals surface area contributed by atoms with E-state index in [0.717, 1.165) is 0 Å². The maximum Gasteiger partial charge on any atom is 0.123 e. The Morgan fingerprint density at radius 2 is 2.38 bits per heavy atom. The number of rotatable bonds is 3. The zero-order chi connectivity index (χ0) is 9.68. The molecule has 4 heteroatoms. The van der Waals surface area contributed by atoms with Gasteiger partial charge in [0.05, 0.1) is 6.54 Å². The SMILES string of the molecule is N=C(N)CN=Cc1cccc(F)c1. The smallest absolute Gasteiger partial charge is 0.123 e. The fourth-order valence-electron chi connectivity index (χ4n) is 0.836. The number of halogens is 1. The topological polar surface area (TPSA) is 62.2 Å². The summed E-state index contributed by atoms with van der Waals surface area (Å²) in [6, 6.07) is 6.06. The lowest BCUT2D eigenvalue weighted by molar-refractivity contribution is 0.627. The third-order valence-electron chi connectivity index (χ3n) is 1.35. The van der Waals surface area contributed by atoms with Crippen LogP contribution in [0.4, 0.5) is 4.39 Å². The Morgan fingerprint density at radius 1 is 1.62 bits per heavy atom. The Kier molecular flexibility index (Phi) is 3.14. The Hall–Kier alpha value is -1.71. The largest absolute Gasteiger partial charge is 0.386 e. The lowest BCUT2D eigenvalue weighted by Crippen LogP contribution is -2.12. The van der Waals surface area contributed by atoms with Crippen LogP contribution in [0, 0.1) is 11.2 Å². The molecule has 0 aromatic heterocycles. The van der Waals surface area contributed by atoms with E-state index in [4.69, 9.17) is 11.1 Å². The molecule has 0 radical (unpaired) electrons. The average Bonchev–Trinajstić information content (AvgIpc) is 2.03. The normalized spacial score (nSPS) is 10.5. The van der Waals surface area contributed by atoms with Crippen molar-refractivity contribution in [3.63, 3.8) is 0 Å². The summed E-state index contributed by atoms with van der Waals surface area (Å²) in [6.45, 7) is 0.149. The zero-order valence-electron chi connectivity index (χ0n) is 7.00. The third kappa shape index (κ3) is 3.46. The highest BCUT2D eigenvalue weighted by Gasteiger charge is 1.90. The van der Waals surface area contributed by atoms with Gasteiger partial charge in [-0.1, -0.05) is 12.1 Å². The van der Waals surface area contributed by atoms with Crippen molar-refractivity contribution in [2.45, 2.75) is 0 Å². The van der Waals surface area contributed by atoms with Gasteiger partial charge in [-0.2, -0.15) is 0 Å². The number of aliphatic imine (C=N–C) groups is 1. The molecule has 0 unspecified atom stereocenters. The first-order valence-corrected chi connectivity index (χ1v) is 3.77. The van der Waals surface area contributed by atoms with Gasteiger partial charge in [-0.25, -0.2) is 4.39 Å². The summed E-state index contributed by atoms with van der Waals surface area (Å²) in [7, 11) is 0. The summed E-state index contributed by atoms with van der Waals surface area (Å²) in [4.78, 5) is 3.84. The Morgan fingerprint density at radius 3 is 3.00 bits per heavy atom. The van der Waals surface area contributed by atoms with E-state index in [9.17, 15) is 4.39 Å². The van der Waals surface area contributed by atoms with Crippen molar-refractivity contribution < 1.29 is 4.39 Å². The Bertz CT molecular complexity index is 333. The van der Waals surface area contributed by atoms with Crippen molar-refractivity contribution in [1.82, 2.24) is 0 Å². The quantitative estimate of drug-likeness (QED) is 0.531. The molecule has 0 aliphatic carbocycles. The molecular weight excluding hydrogens is 169 g/mol. The minimum atomic E-state index is -0.299. The van der Waals surface area contributed by atoms with Crippen molar-refractivity contribution in [1.29, 1.82) is 5.41 Å². The fraction of sp³-hybridized carbons (Fsp3) is 0.111. The van der Waals surface area contributed by atoms with Crippen LogP contribution in [0.2, 0.25) is 0 Å². The molecule has 13 heavy (non-hydrogen) atoms. The van der Waals surface area contributed by atoms with E-state index in [1.807, 2.05) is 0 Å². The minimum absolute atomic E-state index is 0.00680. The molecule has 68 valence electrons. The first-order valence-electron chi connectivity index (χ1n) is 3.77. The van der Waals surface area contributed by atoms with Crippen molar-refractivity contribution >= 4 is 12.1 Å². The molecule has 1 aromatic carbocycles. The Labute approximate surface area is 75.6 Å². The second-order valence-electron chi connectivity index (χ2n) is 2.55. The molecule has 0 atom stereocenters. The molecule has 0 saturated carbocycles. The summed E-state index contributed by atoms with van der Waals surface area (Å²) in [5.74, 6) is -0.306. The van der Waals surface area contributed by atoms with Gasteiger partial charge in [0.15, 0.2) is 0 Å². The molecular formula is C9H10FN3. The molecule has 0 fully saturated rings. The van der Waals surface area contributed by atoms with Crippen LogP contribution < -0.4 is 5.73 Å². The molecule has 0 saturated heterocycles. The van der Waals surface area contributed by atoms with E-state index in [1.54, 1.807) is 12.1 Å². The Balaban J connectivity index is 2.63. The number of benzene rings is 1. The van der Waals surface area contributed by atoms with Crippen LogP contribution in [-0.4, -0.2) is 18.6 Å². The standard InChI is InChI=1S/C9H10FN3/c10-8-3-1-2-7(4-8)5-13-6-9(11)12/h1-5H,6H2,(H3,11,12). The van der Waals surface area contributed by atoms with Gasteiger partial charge < -0.3 is 5.73 Å². The van der Waals surface area contributed by atoms with Crippen LogP contribution >= 0.6 is 0 Å². The van der Waals surface area contributed by atoms with Gasteiger partial charge in [0.2, 0.25) is 0 Å². The van der Waals surface area contributed by atoms with Crippen LogP contribution in [0.3, 0.4) is 0 Å². The van der Waals surface area contributed by atoms with Crippen LogP contribution in [0.1, 0.15) is 5.56 Å². The second-order valence-corrected chi connectivity index (χ2v) is 2.55. The van der Waals surface area contributed by atoms with Crippen molar-refractivity contribution in [2.24, 2.45) is 10.7 Å². The van der Waals surface area contributed by atoms with E-state index in [0.29, 0.717) is 5.56 Å². The van der Waals surface area contributed by atoms with Crippen molar-refractivity contribution in [3.8, 4) is 0 Å². The molecule has 0 heterocycles. The third-order valence-corrected chi connectivity index (χ3v) is 1.35. The second kappa shape index (κ2) is 4.35. The number of amidine groups is 1. The lowest BCUT2D eigenvalue weighted by atomic mass is 10.2. The molecule has 0 bridgehead atoms. The van der Waals surface area contributed by atoms with Crippen LogP contribution in [0.25, 0.3) is 0 Å².